The second-order valence-corrected chi connectivity index (χ2v) is 8.27. The van der Waals surface area contributed by atoms with Crippen LogP contribution in [0.5, 0.6) is 0 Å². The summed E-state index contributed by atoms with van der Waals surface area (Å²) in [7, 11) is 1.86. The van der Waals surface area contributed by atoms with Crippen LogP contribution in [0.1, 0.15) is 38.2 Å². The van der Waals surface area contributed by atoms with Crippen molar-refractivity contribution in [3.05, 3.63) is 36.0 Å². The Morgan fingerprint density at radius 3 is 2.96 bits per heavy atom. The number of thioether (sulfide) groups is 1. The summed E-state index contributed by atoms with van der Waals surface area (Å²) in [6.07, 6.45) is 8.16. The van der Waals surface area contributed by atoms with Crippen LogP contribution in [0.25, 0.3) is 10.9 Å². The Hall–Kier alpha value is -0.890. The molecule has 0 spiro atoms. The summed E-state index contributed by atoms with van der Waals surface area (Å²) in [5.41, 5.74) is 2.62. The van der Waals surface area contributed by atoms with Gasteiger partial charge in [-0.15, -0.1) is 24.0 Å². The standard InChI is InChI=1S/C20H30N4S.HI/c1-3-25-17-11-10-16(13-17)24-20(21-2)22-12-6-7-15-14-23-19-9-5-4-8-18(15)19;/h4-5,8-9,14,16-17,23H,3,6-7,10-13H2,1-2H3,(H2,21,22,24);1H. The van der Waals surface area contributed by atoms with Crippen LogP contribution < -0.4 is 10.6 Å². The monoisotopic (exact) mass is 486 g/mol. The molecule has 1 fully saturated rings. The first-order chi connectivity index (χ1) is 12.3. The fourth-order valence-corrected chi connectivity index (χ4v) is 4.81. The zero-order chi connectivity index (χ0) is 17.5. The van der Waals surface area contributed by atoms with Gasteiger partial charge in [-0.05, 0) is 49.5 Å². The number of benzene rings is 1. The highest BCUT2D eigenvalue weighted by Crippen LogP contribution is 2.29. The molecule has 3 N–H and O–H groups in total. The fourth-order valence-electron chi connectivity index (χ4n) is 3.67. The predicted molar refractivity (Wildman–Crippen MR) is 126 cm³/mol. The Morgan fingerprint density at radius 1 is 1.31 bits per heavy atom. The smallest absolute Gasteiger partial charge is 0.191 e. The molecular formula is C20H31IN4S. The Labute approximate surface area is 178 Å². The number of H-pyrrole nitrogens is 1. The summed E-state index contributed by atoms with van der Waals surface area (Å²) in [5, 5.41) is 9.24. The Balaban J connectivity index is 0.00000243. The van der Waals surface area contributed by atoms with Crippen molar-refractivity contribution < 1.29 is 0 Å². The van der Waals surface area contributed by atoms with Gasteiger partial charge < -0.3 is 15.6 Å². The predicted octanol–water partition coefficient (Wildman–Crippen LogP) is 4.56. The zero-order valence-electron chi connectivity index (χ0n) is 15.8. The van der Waals surface area contributed by atoms with Crippen molar-refractivity contribution in [3.63, 3.8) is 0 Å². The first kappa shape index (κ1) is 21.4. The molecule has 26 heavy (non-hydrogen) atoms. The van der Waals surface area contributed by atoms with E-state index in [1.165, 1.54) is 41.5 Å². The summed E-state index contributed by atoms with van der Waals surface area (Å²) < 4.78 is 0. The molecule has 0 bridgehead atoms. The van der Waals surface area contributed by atoms with Crippen molar-refractivity contribution >= 4 is 52.6 Å². The van der Waals surface area contributed by atoms with Crippen molar-refractivity contribution in [2.24, 2.45) is 4.99 Å². The van der Waals surface area contributed by atoms with E-state index < -0.39 is 0 Å². The van der Waals surface area contributed by atoms with E-state index in [-0.39, 0.29) is 24.0 Å². The number of para-hydroxylation sites is 1. The first-order valence-corrected chi connectivity index (χ1v) is 10.5. The lowest BCUT2D eigenvalue weighted by Crippen LogP contribution is -2.42. The van der Waals surface area contributed by atoms with Crippen LogP contribution >= 0.6 is 35.7 Å². The van der Waals surface area contributed by atoms with Crippen LogP contribution in [0.3, 0.4) is 0 Å². The van der Waals surface area contributed by atoms with E-state index in [4.69, 9.17) is 0 Å². The molecule has 2 atom stereocenters. The lowest BCUT2D eigenvalue weighted by molar-refractivity contribution is 0.611. The molecule has 0 amide bonds. The number of fused-ring (bicyclic) bond motifs is 1. The van der Waals surface area contributed by atoms with Gasteiger partial charge in [0.05, 0.1) is 0 Å². The highest BCUT2D eigenvalue weighted by Gasteiger charge is 2.24. The maximum absolute atomic E-state index is 4.39. The van der Waals surface area contributed by atoms with Gasteiger partial charge in [0.15, 0.2) is 5.96 Å². The van der Waals surface area contributed by atoms with E-state index in [9.17, 15) is 0 Å². The fraction of sp³-hybridized carbons (Fsp3) is 0.550. The summed E-state index contributed by atoms with van der Waals surface area (Å²) in [6, 6.07) is 9.08. The molecular weight excluding hydrogens is 455 g/mol. The molecule has 0 aliphatic heterocycles. The van der Waals surface area contributed by atoms with Crippen molar-refractivity contribution in [3.8, 4) is 0 Å². The third-order valence-electron chi connectivity index (χ3n) is 4.94. The van der Waals surface area contributed by atoms with E-state index in [0.717, 1.165) is 30.6 Å². The quantitative estimate of drug-likeness (QED) is 0.233. The van der Waals surface area contributed by atoms with Gasteiger partial charge >= 0.3 is 0 Å². The summed E-state index contributed by atoms with van der Waals surface area (Å²) in [4.78, 5) is 7.74. The molecule has 1 aliphatic rings. The minimum atomic E-state index is 0. The van der Waals surface area contributed by atoms with E-state index in [2.05, 4.69) is 69.8 Å². The third kappa shape index (κ3) is 5.81. The zero-order valence-corrected chi connectivity index (χ0v) is 18.9. The number of aromatic amines is 1. The van der Waals surface area contributed by atoms with Crippen LogP contribution in [0.15, 0.2) is 35.5 Å². The van der Waals surface area contributed by atoms with E-state index in [1.807, 2.05) is 7.05 Å². The minimum absolute atomic E-state index is 0. The maximum Gasteiger partial charge on any atom is 0.191 e. The largest absolute Gasteiger partial charge is 0.361 e. The number of aryl methyl sites for hydroxylation is 1. The number of guanidine groups is 1. The molecule has 2 unspecified atom stereocenters. The number of nitrogens with one attached hydrogen (secondary N) is 3. The number of rotatable bonds is 7. The molecule has 6 heteroatoms. The molecule has 4 nitrogen and oxygen atoms in total. The van der Waals surface area contributed by atoms with Gasteiger partial charge in [0, 0.05) is 42.0 Å². The summed E-state index contributed by atoms with van der Waals surface area (Å²) in [6.45, 7) is 3.19. The van der Waals surface area contributed by atoms with E-state index in [0.29, 0.717) is 6.04 Å². The van der Waals surface area contributed by atoms with E-state index in [1.54, 1.807) is 0 Å². The maximum atomic E-state index is 4.39. The third-order valence-corrected chi connectivity index (χ3v) is 6.17. The lowest BCUT2D eigenvalue weighted by Gasteiger charge is -2.17. The molecule has 0 radical (unpaired) electrons. The van der Waals surface area contributed by atoms with Gasteiger partial charge in [-0.25, -0.2) is 0 Å². The number of aliphatic imine (C=N–C) groups is 1. The van der Waals surface area contributed by atoms with Gasteiger partial charge in [-0.2, -0.15) is 11.8 Å². The average Bonchev–Trinajstić information content (AvgIpc) is 3.25. The van der Waals surface area contributed by atoms with Crippen LogP contribution in [-0.4, -0.2) is 41.6 Å². The van der Waals surface area contributed by atoms with Gasteiger partial charge in [0.1, 0.15) is 0 Å². The van der Waals surface area contributed by atoms with Gasteiger partial charge in [0.2, 0.25) is 0 Å². The first-order valence-electron chi connectivity index (χ1n) is 9.44. The molecule has 2 aromatic rings. The highest BCUT2D eigenvalue weighted by atomic mass is 127. The second-order valence-electron chi connectivity index (χ2n) is 6.69. The second kappa shape index (κ2) is 11.1. The number of aromatic nitrogens is 1. The van der Waals surface area contributed by atoms with E-state index >= 15 is 0 Å². The molecule has 1 aromatic carbocycles. The molecule has 1 aromatic heterocycles. The topological polar surface area (TPSA) is 52.2 Å². The minimum Gasteiger partial charge on any atom is -0.361 e. The number of halogens is 1. The van der Waals surface area contributed by atoms with Crippen LogP contribution in [0.4, 0.5) is 0 Å². The molecule has 1 saturated carbocycles. The summed E-state index contributed by atoms with van der Waals surface area (Å²) in [5.74, 6) is 2.17. The van der Waals surface area contributed by atoms with Crippen molar-refractivity contribution in [1.29, 1.82) is 0 Å². The number of nitrogens with zero attached hydrogens (tertiary/aromatic N) is 1. The molecule has 0 saturated heterocycles. The van der Waals surface area contributed by atoms with Crippen LogP contribution in [0.2, 0.25) is 0 Å². The highest BCUT2D eigenvalue weighted by molar-refractivity contribution is 14.0. The molecule has 3 rings (SSSR count). The Morgan fingerprint density at radius 2 is 2.15 bits per heavy atom. The Bertz CT molecular complexity index is 700. The van der Waals surface area contributed by atoms with Crippen molar-refractivity contribution in [2.75, 3.05) is 19.3 Å². The SMILES string of the molecule is CCSC1CCC(NC(=NC)NCCCc2c[nH]c3ccccc23)C1.I. The van der Waals surface area contributed by atoms with Crippen molar-refractivity contribution in [1.82, 2.24) is 15.6 Å². The van der Waals surface area contributed by atoms with Gasteiger partial charge in [0.25, 0.3) is 0 Å². The van der Waals surface area contributed by atoms with Crippen LogP contribution in [-0.2, 0) is 6.42 Å². The average molecular weight is 486 g/mol. The lowest BCUT2D eigenvalue weighted by atomic mass is 10.1. The van der Waals surface area contributed by atoms with Crippen molar-refractivity contribution in [2.45, 2.75) is 50.3 Å². The Kier molecular flexibility index (Phi) is 9.11. The number of hydrogen-bond donors (Lipinski definition) is 3. The van der Waals surface area contributed by atoms with Crippen LogP contribution in [0, 0.1) is 0 Å². The summed E-state index contributed by atoms with van der Waals surface area (Å²) >= 11 is 2.09. The normalized spacial score (nSPS) is 20.2. The molecule has 1 heterocycles. The molecule has 144 valence electrons. The van der Waals surface area contributed by atoms with Gasteiger partial charge in [-0.3, -0.25) is 4.99 Å². The molecule has 1 aliphatic carbocycles. The van der Waals surface area contributed by atoms with Gasteiger partial charge in [-0.1, -0.05) is 25.1 Å². The number of hydrogen-bond acceptors (Lipinski definition) is 2.